The summed E-state index contributed by atoms with van der Waals surface area (Å²) in [6.45, 7) is 14.8. The van der Waals surface area contributed by atoms with Crippen molar-refractivity contribution < 1.29 is 14.3 Å². The Morgan fingerprint density at radius 3 is 2.72 bits per heavy atom. The van der Waals surface area contributed by atoms with Crippen LogP contribution in [-0.4, -0.2) is 68.1 Å². The minimum atomic E-state index is -0.774. The zero-order valence-electron chi connectivity index (χ0n) is 20.0. The van der Waals surface area contributed by atoms with E-state index >= 15 is 0 Å². The Balaban J connectivity index is 1.72. The van der Waals surface area contributed by atoms with Crippen molar-refractivity contribution in [3.05, 3.63) is 30.2 Å². The van der Waals surface area contributed by atoms with Gasteiger partial charge in [-0.2, -0.15) is 0 Å². The molecule has 0 aromatic carbocycles. The van der Waals surface area contributed by atoms with Crippen molar-refractivity contribution in [3.63, 3.8) is 0 Å². The molecule has 10 heteroatoms. The Bertz CT molecular complexity index is 964. The second kappa shape index (κ2) is 9.32. The summed E-state index contributed by atoms with van der Waals surface area (Å²) in [6.07, 6.45) is 1.35. The molecule has 1 aliphatic heterocycles. The lowest BCUT2D eigenvalue weighted by Crippen LogP contribution is -2.54. The molecular weight excluding hydrogens is 410 g/mol. The van der Waals surface area contributed by atoms with Crippen molar-refractivity contribution in [2.75, 3.05) is 13.1 Å². The molecule has 0 radical (unpaired) electrons. The first-order valence-electron chi connectivity index (χ1n) is 11.0. The summed E-state index contributed by atoms with van der Waals surface area (Å²) in [5, 5.41) is 15.0. The van der Waals surface area contributed by atoms with Crippen molar-refractivity contribution in [3.8, 4) is 0 Å². The van der Waals surface area contributed by atoms with Crippen LogP contribution in [0.2, 0.25) is 0 Å². The number of aliphatic imine (C=N–C) groups is 1. The first-order valence-corrected chi connectivity index (χ1v) is 11.0. The fourth-order valence-electron chi connectivity index (χ4n) is 3.81. The number of carbonyl (C=O) groups is 1. The molecule has 10 nitrogen and oxygen atoms in total. The summed E-state index contributed by atoms with van der Waals surface area (Å²) in [4.78, 5) is 19.3. The SMILES string of the molecule is CCNC(=NCc1nnc2ccccn12)NCC1C(C)OC(C)(C)N1C(=O)OC(C)(C)C. The van der Waals surface area contributed by atoms with Crippen LogP contribution in [0.5, 0.6) is 0 Å². The monoisotopic (exact) mass is 445 g/mol. The number of guanidine groups is 1. The molecule has 1 aliphatic rings. The Kier molecular flexibility index (Phi) is 6.92. The first-order chi connectivity index (χ1) is 15.0. The van der Waals surface area contributed by atoms with Gasteiger partial charge < -0.3 is 20.1 Å². The molecular formula is C22H35N7O3. The van der Waals surface area contributed by atoms with Crippen LogP contribution in [0, 0.1) is 0 Å². The van der Waals surface area contributed by atoms with E-state index in [0.717, 1.165) is 11.5 Å². The average molecular weight is 446 g/mol. The van der Waals surface area contributed by atoms with E-state index in [0.29, 0.717) is 25.6 Å². The molecule has 2 unspecified atom stereocenters. The zero-order chi connectivity index (χ0) is 23.5. The van der Waals surface area contributed by atoms with Crippen LogP contribution in [-0.2, 0) is 16.0 Å². The highest BCUT2D eigenvalue weighted by Gasteiger charge is 2.49. The van der Waals surface area contributed by atoms with E-state index < -0.39 is 17.4 Å². The van der Waals surface area contributed by atoms with E-state index in [1.807, 2.05) is 77.3 Å². The van der Waals surface area contributed by atoms with Gasteiger partial charge in [-0.05, 0) is 60.6 Å². The van der Waals surface area contributed by atoms with Crippen LogP contribution in [0.3, 0.4) is 0 Å². The molecule has 32 heavy (non-hydrogen) atoms. The van der Waals surface area contributed by atoms with Crippen LogP contribution in [0.4, 0.5) is 4.79 Å². The van der Waals surface area contributed by atoms with E-state index in [1.54, 1.807) is 4.90 Å². The number of rotatable bonds is 5. The third kappa shape index (κ3) is 5.48. The smallest absolute Gasteiger partial charge is 0.412 e. The van der Waals surface area contributed by atoms with Gasteiger partial charge in [0.1, 0.15) is 17.9 Å². The van der Waals surface area contributed by atoms with Crippen LogP contribution in [0.1, 0.15) is 54.3 Å². The van der Waals surface area contributed by atoms with Crippen molar-refractivity contribution in [1.29, 1.82) is 0 Å². The van der Waals surface area contributed by atoms with Crippen LogP contribution >= 0.6 is 0 Å². The van der Waals surface area contributed by atoms with E-state index in [9.17, 15) is 4.79 Å². The van der Waals surface area contributed by atoms with Crippen LogP contribution in [0.15, 0.2) is 29.4 Å². The van der Waals surface area contributed by atoms with E-state index in [1.165, 1.54) is 0 Å². The van der Waals surface area contributed by atoms with Gasteiger partial charge in [0.15, 0.2) is 17.4 Å². The number of pyridine rings is 1. The second-order valence-electron chi connectivity index (χ2n) is 9.31. The Labute approximate surface area is 189 Å². The largest absolute Gasteiger partial charge is 0.444 e. The molecule has 1 saturated heterocycles. The lowest BCUT2D eigenvalue weighted by Gasteiger charge is -2.35. The average Bonchev–Trinajstić information content (AvgIpc) is 3.19. The minimum absolute atomic E-state index is 0.173. The van der Waals surface area contributed by atoms with Gasteiger partial charge in [0, 0.05) is 19.3 Å². The van der Waals surface area contributed by atoms with Gasteiger partial charge in [-0.1, -0.05) is 6.07 Å². The predicted molar refractivity (Wildman–Crippen MR) is 122 cm³/mol. The number of hydrogen-bond acceptors (Lipinski definition) is 6. The molecule has 176 valence electrons. The molecule has 2 N–H and O–H groups in total. The summed E-state index contributed by atoms with van der Waals surface area (Å²) in [5.41, 5.74) is -0.582. The van der Waals surface area contributed by atoms with Crippen molar-refractivity contribution in [2.45, 2.75) is 78.5 Å². The molecule has 3 heterocycles. The number of hydrogen-bond donors (Lipinski definition) is 2. The van der Waals surface area contributed by atoms with E-state index in [2.05, 4.69) is 25.8 Å². The van der Waals surface area contributed by atoms with Crippen LogP contribution in [0.25, 0.3) is 5.65 Å². The molecule has 3 rings (SSSR count). The number of nitrogens with one attached hydrogen (secondary N) is 2. The molecule has 2 aromatic rings. The predicted octanol–water partition coefficient (Wildman–Crippen LogP) is 2.54. The molecule has 0 saturated carbocycles. The summed E-state index contributed by atoms with van der Waals surface area (Å²) < 4.78 is 13.6. The van der Waals surface area contributed by atoms with Gasteiger partial charge >= 0.3 is 6.09 Å². The fourth-order valence-corrected chi connectivity index (χ4v) is 3.81. The maximum Gasteiger partial charge on any atom is 0.412 e. The normalized spacial score (nSPS) is 21.1. The molecule has 0 spiro atoms. The van der Waals surface area contributed by atoms with Gasteiger partial charge in [0.05, 0.1) is 12.1 Å². The minimum Gasteiger partial charge on any atom is -0.444 e. The molecule has 2 aromatic heterocycles. The Morgan fingerprint density at radius 1 is 1.28 bits per heavy atom. The summed E-state index contributed by atoms with van der Waals surface area (Å²) in [7, 11) is 0. The molecule has 0 bridgehead atoms. The third-order valence-electron chi connectivity index (χ3n) is 5.10. The van der Waals surface area contributed by atoms with Gasteiger partial charge in [0.2, 0.25) is 0 Å². The van der Waals surface area contributed by atoms with Crippen molar-refractivity contribution >= 4 is 17.7 Å². The molecule has 0 aliphatic carbocycles. The van der Waals surface area contributed by atoms with Crippen molar-refractivity contribution in [2.24, 2.45) is 4.99 Å². The lowest BCUT2D eigenvalue weighted by atomic mass is 10.1. The highest BCUT2D eigenvalue weighted by Crippen LogP contribution is 2.33. The number of fused-ring (bicyclic) bond motifs is 1. The zero-order valence-corrected chi connectivity index (χ0v) is 20.0. The summed E-state index contributed by atoms with van der Waals surface area (Å²) in [6, 6.07) is 5.53. The van der Waals surface area contributed by atoms with Gasteiger partial charge in [0.25, 0.3) is 0 Å². The van der Waals surface area contributed by atoms with Gasteiger partial charge in [-0.15, -0.1) is 10.2 Å². The second-order valence-corrected chi connectivity index (χ2v) is 9.31. The van der Waals surface area contributed by atoms with E-state index in [-0.39, 0.29) is 12.1 Å². The topological polar surface area (TPSA) is 105 Å². The lowest BCUT2D eigenvalue weighted by molar-refractivity contribution is -0.0755. The summed E-state index contributed by atoms with van der Waals surface area (Å²) >= 11 is 0. The Hall–Kier alpha value is -2.88. The number of carbonyl (C=O) groups excluding carboxylic acids is 1. The molecule has 1 fully saturated rings. The highest BCUT2D eigenvalue weighted by molar-refractivity contribution is 5.80. The fraction of sp³-hybridized carbons (Fsp3) is 0.636. The van der Waals surface area contributed by atoms with Gasteiger partial charge in [-0.25, -0.2) is 9.79 Å². The summed E-state index contributed by atoms with van der Waals surface area (Å²) in [5.74, 6) is 1.37. The third-order valence-corrected chi connectivity index (χ3v) is 5.10. The number of ether oxygens (including phenoxy) is 2. The number of aromatic nitrogens is 3. The Morgan fingerprint density at radius 2 is 2.03 bits per heavy atom. The van der Waals surface area contributed by atoms with Crippen molar-refractivity contribution in [1.82, 2.24) is 30.1 Å². The van der Waals surface area contributed by atoms with E-state index in [4.69, 9.17) is 9.47 Å². The highest BCUT2D eigenvalue weighted by atomic mass is 16.6. The number of nitrogens with zero attached hydrogens (tertiary/aromatic N) is 5. The molecule has 1 amide bonds. The number of amides is 1. The maximum absolute atomic E-state index is 12.9. The maximum atomic E-state index is 12.9. The quantitative estimate of drug-likeness (QED) is 0.538. The van der Waals surface area contributed by atoms with Crippen LogP contribution < -0.4 is 10.6 Å². The first kappa shape index (κ1) is 23.8. The molecule has 2 atom stereocenters. The standard InChI is InChI=1S/C22H35N7O3/c1-8-23-19(25-14-18-27-26-17-11-9-10-12-28(17)18)24-13-16-15(2)31-22(6,7)29(16)20(30)32-21(3,4)5/h9-12,15-16H,8,13-14H2,1-7H3,(H2,23,24,25). The van der Waals surface area contributed by atoms with Gasteiger partial charge in [-0.3, -0.25) is 9.30 Å².